The molecule has 4 nitrogen and oxygen atoms in total. The first kappa shape index (κ1) is 14.1. The summed E-state index contributed by atoms with van der Waals surface area (Å²) in [5.41, 5.74) is 5.84. The minimum Gasteiger partial charge on any atom is -0.483 e. The van der Waals surface area contributed by atoms with E-state index in [1.54, 1.807) is 36.4 Å². The number of benzene rings is 2. The molecule has 2 N–H and O–H groups in total. The van der Waals surface area contributed by atoms with Gasteiger partial charge in [-0.15, -0.1) is 0 Å². The molecule has 0 saturated carbocycles. The first-order valence-electron chi connectivity index (χ1n) is 5.88. The van der Waals surface area contributed by atoms with Crippen LogP contribution in [0.1, 0.15) is 15.9 Å². The maximum atomic E-state index is 12.4. The zero-order valence-electron chi connectivity index (χ0n) is 10.5. The number of amides is 1. The van der Waals surface area contributed by atoms with Gasteiger partial charge < -0.3 is 10.5 Å². The Morgan fingerprint density at radius 2 is 1.80 bits per heavy atom. The molecule has 1 amide bonds. The third-order valence-corrected chi connectivity index (χ3v) is 2.83. The van der Waals surface area contributed by atoms with Crippen molar-refractivity contribution < 1.29 is 14.3 Å². The summed E-state index contributed by atoms with van der Waals surface area (Å²) in [5.74, 6) is -0.562. The molecule has 0 atom stereocenters. The number of nitrogens with two attached hydrogens (primary N) is 1. The van der Waals surface area contributed by atoms with Crippen molar-refractivity contribution in [1.82, 2.24) is 0 Å². The maximum absolute atomic E-state index is 12.4. The van der Waals surface area contributed by atoms with Gasteiger partial charge in [0.15, 0.2) is 12.4 Å². The molecule has 0 spiro atoms. The van der Waals surface area contributed by atoms with Crippen LogP contribution in [0.25, 0.3) is 0 Å². The summed E-state index contributed by atoms with van der Waals surface area (Å²) < 4.78 is 5.24. The van der Waals surface area contributed by atoms with Crippen LogP contribution < -0.4 is 10.5 Å². The van der Waals surface area contributed by atoms with Crippen molar-refractivity contribution in [2.24, 2.45) is 5.73 Å². The van der Waals surface area contributed by atoms with E-state index < -0.39 is 5.91 Å². The summed E-state index contributed by atoms with van der Waals surface area (Å²) in [6, 6.07) is 13.4. The molecule has 2 aromatic carbocycles. The number of rotatable bonds is 5. The van der Waals surface area contributed by atoms with Gasteiger partial charge in [0.25, 0.3) is 5.91 Å². The first-order valence-corrected chi connectivity index (χ1v) is 6.26. The van der Waals surface area contributed by atoms with Crippen molar-refractivity contribution in [3.63, 3.8) is 0 Å². The molecule has 102 valence electrons. The molecule has 2 rings (SSSR count). The van der Waals surface area contributed by atoms with Crippen molar-refractivity contribution in [2.45, 2.75) is 0 Å². The minimum atomic E-state index is -0.613. The zero-order chi connectivity index (χ0) is 14.5. The molecule has 0 aliphatic carbocycles. The van der Waals surface area contributed by atoms with Crippen LogP contribution in [0.2, 0.25) is 5.02 Å². The first-order chi connectivity index (χ1) is 9.58. The molecule has 0 aliphatic rings. The summed E-state index contributed by atoms with van der Waals surface area (Å²) in [4.78, 5) is 23.2. The summed E-state index contributed by atoms with van der Waals surface area (Å²) in [6.45, 7) is -0.295. The highest BCUT2D eigenvalue weighted by molar-refractivity contribution is 6.31. The third kappa shape index (κ3) is 3.36. The monoisotopic (exact) mass is 289 g/mol. The molecule has 2 aromatic rings. The number of hydrogen-bond acceptors (Lipinski definition) is 3. The van der Waals surface area contributed by atoms with E-state index in [9.17, 15) is 9.59 Å². The Balaban J connectivity index is 2.36. The van der Waals surface area contributed by atoms with Gasteiger partial charge in [-0.05, 0) is 18.2 Å². The van der Waals surface area contributed by atoms with Crippen LogP contribution in [-0.4, -0.2) is 18.3 Å². The number of hydrogen-bond donors (Lipinski definition) is 1. The van der Waals surface area contributed by atoms with Crippen LogP contribution in [0.15, 0.2) is 48.5 Å². The predicted octanol–water partition coefficient (Wildman–Crippen LogP) is 2.44. The van der Waals surface area contributed by atoms with Gasteiger partial charge in [0, 0.05) is 10.6 Å². The van der Waals surface area contributed by atoms with Crippen molar-refractivity contribution in [2.75, 3.05) is 6.61 Å². The Morgan fingerprint density at radius 1 is 1.10 bits per heavy atom. The highest BCUT2D eigenvalue weighted by atomic mass is 35.5. The Morgan fingerprint density at radius 3 is 2.45 bits per heavy atom. The number of ether oxygens (including phenoxy) is 1. The van der Waals surface area contributed by atoms with Crippen LogP contribution in [-0.2, 0) is 4.79 Å². The normalized spacial score (nSPS) is 10.1. The average molecular weight is 290 g/mol. The molecule has 0 aromatic heterocycles. The van der Waals surface area contributed by atoms with Gasteiger partial charge in [-0.1, -0.05) is 41.9 Å². The molecule has 0 saturated heterocycles. The van der Waals surface area contributed by atoms with E-state index in [0.717, 1.165) is 0 Å². The zero-order valence-corrected chi connectivity index (χ0v) is 11.3. The SMILES string of the molecule is NC(=O)COc1ccc(Cl)cc1C(=O)c1ccccc1. The molecular formula is C15H12ClNO3. The Bertz CT molecular complexity index is 641. The fraction of sp³-hybridized carbons (Fsp3) is 0.0667. The largest absolute Gasteiger partial charge is 0.483 e. The highest BCUT2D eigenvalue weighted by Crippen LogP contribution is 2.25. The smallest absolute Gasteiger partial charge is 0.255 e. The lowest BCUT2D eigenvalue weighted by Crippen LogP contribution is -2.20. The van der Waals surface area contributed by atoms with E-state index >= 15 is 0 Å². The quantitative estimate of drug-likeness (QED) is 0.860. The standard InChI is InChI=1S/C15H12ClNO3/c16-11-6-7-13(20-9-14(17)18)12(8-11)15(19)10-4-2-1-3-5-10/h1-8H,9H2,(H2,17,18). The lowest BCUT2D eigenvalue weighted by Gasteiger charge is -2.10. The summed E-state index contributed by atoms with van der Waals surface area (Å²) >= 11 is 5.91. The van der Waals surface area contributed by atoms with Crippen molar-refractivity contribution in [3.05, 3.63) is 64.7 Å². The van der Waals surface area contributed by atoms with Gasteiger partial charge in [0.05, 0.1) is 5.56 Å². The van der Waals surface area contributed by atoms with Gasteiger partial charge in [-0.2, -0.15) is 0 Å². The van der Waals surface area contributed by atoms with Gasteiger partial charge in [0.2, 0.25) is 0 Å². The van der Waals surface area contributed by atoms with Crippen LogP contribution in [0.4, 0.5) is 0 Å². The second kappa shape index (κ2) is 6.21. The molecule has 0 bridgehead atoms. The number of ketones is 1. The average Bonchev–Trinajstić information content (AvgIpc) is 2.46. The fourth-order valence-electron chi connectivity index (χ4n) is 1.70. The van der Waals surface area contributed by atoms with Gasteiger partial charge in [-0.25, -0.2) is 0 Å². The number of halogens is 1. The minimum absolute atomic E-state index is 0.229. The number of carbonyl (C=O) groups excluding carboxylic acids is 2. The van der Waals surface area contributed by atoms with E-state index in [1.807, 2.05) is 6.07 Å². The molecule has 0 heterocycles. The molecular weight excluding hydrogens is 278 g/mol. The van der Waals surface area contributed by atoms with E-state index in [2.05, 4.69) is 0 Å². The number of carbonyl (C=O) groups is 2. The fourth-order valence-corrected chi connectivity index (χ4v) is 1.87. The Labute approximate surface area is 121 Å². The topological polar surface area (TPSA) is 69.4 Å². The lowest BCUT2D eigenvalue weighted by molar-refractivity contribution is -0.119. The third-order valence-electron chi connectivity index (χ3n) is 2.59. The second-order valence-corrected chi connectivity index (χ2v) is 4.53. The predicted molar refractivity (Wildman–Crippen MR) is 76.0 cm³/mol. The molecule has 0 radical (unpaired) electrons. The Kier molecular flexibility index (Phi) is 4.38. The van der Waals surface area contributed by atoms with Crippen molar-refractivity contribution in [1.29, 1.82) is 0 Å². The van der Waals surface area contributed by atoms with E-state index in [4.69, 9.17) is 22.1 Å². The van der Waals surface area contributed by atoms with Gasteiger partial charge in [-0.3, -0.25) is 9.59 Å². The van der Waals surface area contributed by atoms with Gasteiger partial charge >= 0.3 is 0 Å². The number of primary amides is 1. The highest BCUT2D eigenvalue weighted by Gasteiger charge is 2.15. The van der Waals surface area contributed by atoms with E-state index in [0.29, 0.717) is 16.1 Å². The van der Waals surface area contributed by atoms with Crippen LogP contribution in [0.3, 0.4) is 0 Å². The summed E-state index contributed by atoms with van der Waals surface area (Å²) in [7, 11) is 0. The van der Waals surface area contributed by atoms with E-state index in [1.165, 1.54) is 6.07 Å². The summed E-state index contributed by atoms with van der Waals surface area (Å²) in [5, 5.41) is 0.413. The van der Waals surface area contributed by atoms with Crippen molar-refractivity contribution >= 4 is 23.3 Å². The van der Waals surface area contributed by atoms with Crippen LogP contribution in [0, 0.1) is 0 Å². The van der Waals surface area contributed by atoms with Gasteiger partial charge in [0.1, 0.15) is 5.75 Å². The second-order valence-electron chi connectivity index (χ2n) is 4.09. The Hall–Kier alpha value is -2.33. The van der Waals surface area contributed by atoms with Crippen LogP contribution in [0.5, 0.6) is 5.75 Å². The molecule has 0 fully saturated rings. The van der Waals surface area contributed by atoms with Crippen molar-refractivity contribution in [3.8, 4) is 5.75 Å². The van der Waals surface area contributed by atoms with E-state index in [-0.39, 0.29) is 18.1 Å². The summed E-state index contributed by atoms with van der Waals surface area (Å²) in [6.07, 6.45) is 0. The molecule has 0 unspecified atom stereocenters. The lowest BCUT2D eigenvalue weighted by atomic mass is 10.0. The maximum Gasteiger partial charge on any atom is 0.255 e. The molecule has 5 heteroatoms. The molecule has 0 aliphatic heterocycles. The van der Waals surface area contributed by atoms with Crippen LogP contribution >= 0.6 is 11.6 Å². The molecule has 20 heavy (non-hydrogen) atoms.